The number of hydrogen-bond donors (Lipinski definition) is 1. The molecule has 1 unspecified atom stereocenters. The zero-order valence-electron chi connectivity index (χ0n) is 13.1. The molecular formula is C18H24ClNS. The van der Waals surface area contributed by atoms with E-state index in [9.17, 15) is 0 Å². The normalized spacial score (nSPS) is 12.6. The zero-order chi connectivity index (χ0) is 15.2. The number of benzene rings is 1. The SMILES string of the molecule is CCCNC(CCC)c1ccc(-c2ccc(Cl)cc2C)s1. The Morgan fingerprint density at radius 3 is 2.62 bits per heavy atom. The highest BCUT2D eigenvalue weighted by Gasteiger charge is 2.13. The Morgan fingerprint density at radius 1 is 1.14 bits per heavy atom. The van der Waals surface area contributed by atoms with Gasteiger partial charge in [0.05, 0.1) is 0 Å². The number of rotatable bonds is 7. The van der Waals surface area contributed by atoms with Gasteiger partial charge in [-0.3, -0.25) is 0 Å². The van der Waals surface area contributed by atoms with Gasteiger partial charge in [-0.05, 0) is 61.7 Å². The van der Waals surface area contributed by atoms with Crippen molar-refractivity contribution in [3.8, 4) is 10.4 Å². The van der Waals surface area contributed by atoms with E-state index >= 15 is 0 Å². The summed E-state index contributed by atoms with van der Waals surface area (Å²) in [5.41, 5.74) is 2.53. The van der Waals surface area contributed by atoms with Crippen LogP contribution in [0.2, 0.25) is 5.02 Å². The van der Waals surface area contributed by atoms with Crippen molar-refractivity contribution in [2.24, 2.45) is 0 Å². The molecule has 0 saturated carbocycles. The average Bonchev–Trinajstić information content (AvgIpc) is 2.93. The summed E-state index contributed by atoms with van der Waals surface area (Å²) in [4.78, 5) is 2.77. The van der Waals surface area contributed by atoms with Gasteiger partial charge >= 0.3 is 0 Å². The van der Waals surface area contributed by atoms with Crippen molar-refractivity contribution in [2.45, 2.75) is 46.1 Å². The van der Waals surface area contributed by atoms with Crippen LogP contribution < -0.4 is 5.32 Å². The van der Waals surface area contributed by atoms with Crippen molar-refractivity contribution >= 4 is 22.9 Å². The van der Waals surface area contributed by atoms with Crippen LogP contribution in [-0.2, 0) is 0 Å². The predicted octanol–water partition coefficient (Wildman–Crippen LogP) is 6.22. The fourth-order valence-corrected chi connectivity index (χ4v) is 3.98. The van der Waals surface area contributed by atoms with Gasteiger partial charge in [-0.15, -0.1) is 11.3 Å². The predicted molar refractivity (Wildman–Crippen MR) is 95.4 cm³/mol. The zero-order valence-corrected chi connectivity index (χ0v) is 14.7. The summed E-state index contributed by atoms with van der Waals surface area (Å²) in [6.45, 7) is 7.67. The summed E-state index contributed by atoms with van der Waals surface area (Å²) in [6.07, 6.45) is 3.57. The van der Waals surface area contributed by atoms with E-state index in [0.29, 0.717) is 6.04 Å². The lowest BCUT2D eigenvalue weighted by Crippen LogP contribution is -2.21. The van der Waals surface area contributed by atoms with Gasteiger partial charge in [0.1, 0.15) is 0 Å². The molecule has 0 saturated heterocycles. The smallest absolute Gasteiger partial charge is 0.0414 e. The van der Waals surface area contributed by atoms with Crippen molar-refractivity contribution in [3.63, 3.8) is 0 Å². The molecule has 0 fully saturated rings. The van der Waals surface area contributed by atoms with Gasteiger partial charge in [-0.1, -0.05) is 37.9 Å². The Morgan fingerprint density at radius 2 is 1.95 bits per heavy atom. The van der Waals surface area contributed by atoms with Crippen molar-refractivity contribution < 1.29 is 0 Å². The monoisotopic (exact) mass is 321 g/mol. The molecule has 0 aliphatic heterocycles. The van der Waals surface area contributed by atoms with E-state index in [1.807, 2.05) is 23.5 Å². The summed E-state index contributed by atoms with van der Waals surface area (Å²) in [7, 11) is 0. The van der Waals surface area contributed by atoms with E-state index in [1.54, 1.807) is 0 Å². The molecule has 0 bridgehead atoms. The first-order chi connectivity index (χ1) is 10.2. The first-order valence-corrected chi connectivity index (χ1v) is 8.94. The molecule has 3 heteroatoms. The number of thiophene rings is 1. The first kappa shape index (κ1) is 16.5. The fourth-order valence-electron chi connectivity index (χ4n) is 2.54. The summed E-state index contributed by atoms with van der Waals surface area (Å²) < 4.78 is 0. The lowest BCUT2D eigenvalue weighted by atomic mass is 10.1. The summed E-state index contributed by atoms with van der Waals surface area (Å²) >= 11 is 7.95. The van der Waals surface area contributed by atoms with Gasteiger partial charge in [0, 0.05) is 20.8 Å². The van der Waals surface area contributed by atoms with E-state index in [2.05, 4.69) is 44.3 Å². The number of aryl methyl sites for hydroxylation is 1. The second-order valence-corrected chi connectivity index (χ2v) is 7.01. The molecule has 0 spiro atoms. The lowest BCUT2D eigenvalue weighted by molar-refractivity contribution is 0.501. The minimum Gasteiger partial charge on any atom is -0.309 e. The van der Waals surface area contributed by atoms with Crippen LogP contribution in [0.4, 0.5) is 0 Å². The van der Waals surface area contributed by atoms with Gasteiger partial charge in [0.25, 0.3) is 0 Å². The maximum atomic E-state index is 6.05. The summed E-state index contributed by atoms with van der Waals surface area (Å²) in [5, 5.41) is 4.47. The molecule has 2 rings (SSSR count). The van der Waals surface area contributed by atoms with Crippen LogP contribution in [0.15, 0.2) is 30.3 Å². The van der Waals surface area contributed by atoms with Crippen molar-refractivity contribution in [1.82, 2.24) is 5.32 Å². The Labute approximate surface area is 137 Å². The summed E-state index contributed by atoms with van der Waals surface area (Å²) in [5.74, 6) is 0. The van der Waals surface area contributed by atoms with Crippen LogP contribution >= 0.6 is 22.9 Å². The van der Waals surface area contributed by atoms with Gasteiger partial charge in [0.2, 0.25) is 0 Å². The number of hydrogen-bond acceptors (Lipinski definition) is 2. The second-order valence-electron chi connectivity index (χ2n) is 5.46. The second kappa shape index (κ2) is 7.98. The Kier molecular flexibility index (Phi) is 6.28. The van der Waals surface area contributed by atoms with E-state index in [0.717, 1.165) is 11.6 Å². The first-order valence-electron chi connectivity index (χ1n) is 7.75. The topological polar surface area (TPSA) is 12.0 Å². The minimum absolute atomic E-state index is 0.487. The third-order valence-corrected chi connectivity index (χ3v) is 5.11. The molecule has 0 amide bonds. The highest BCUT2D eigenvalue weighted by molar-refractivity contribution is 7.15. The third-order valence-electron chi connectivity index (χ3n) is 3.64. The quantitative estimate of drug-likeness (QED) is 0.638. The molecule has 114 valence electrons. The van der Waals surface area contributed by atoms with Crippen molar-refractivity contribution in [2.75, 3.05) is 6.54 Å². The van der Waals surface area contributed by atoms with Crippen LogP contribution in [0, 0.1) is 6.92 Å². The fraction of sp³-hybridized carbons (Fsp3) is 0.444. The van der Waals surface area contributed by atoms with Gasteiger partial charge < -0.3 is 5.32 Å². The molecule has 21 heavy (non-hydrogen) atoms. The third kappa shape index (κ3) is 4.32. The van der Waals surface area contributed by atoms with Crippen LogP contribution in [0.5, 0.6) is 0 Å². The van der Waals surface area contributed by atoms with Crippen molar-refractivity contribution in [3.05, 3.63) is 45.8 Å². The van der Waals surface area contributed by atoms with E-state index in [-0.39, 0.29) is 0 Å². The molecule has 1 aromatic heterocycles. The maximum absolute atomic E-state index is 6.05. The van der Waals surface area contributed by atoms with Gasteiger partial charge in [-0.2, -0.15) is 0 Å². The van der Waals surface area contributed by atoms with E-state index < -0.39 is 0 Å². The van der Waals surface area contributed by atoms with Crippen molar-refractivity contribution in [1.29, 1.82) is 0 Å². The Bertz CT molecular complexity index is 576. The minimum atomic E-state index is 0.487. The largest absolute Gasteiger partial charge is 0.309 e. The molecule has 1 nitrogen and oxygen atoms in total. The Hall–Kier alpha value is -0.830. The molecule has 1 heterocycles. The van der Waals surface area contributed by atoms with Crippen LogP contribution in [0.1, 0.15) is 49.6 Å². The molecule has 1 aromatic carbocycles. The molecule has 0 aliphatic rings. The molecule has 1 N–H and O–H groups in total. The van der Waals surface area contributed by atoms with Crippen LogP contribution in [0.3, 0.4) is 0 Å². The molecular weight excluding hydrogens is 298 g/mol. The Balaban J connectivity index is 2.22. The average molecular weight is 322 g/mol. The summed E-state index contributed by atoms with van der Waals surface area (Å²) in [6, 6.07) is 11.1. The van der Waals surface area contributed by atoms with E-state index in [4.69, 9.17) is 11.6 Å². The van der Waals surface area contributed by atoms with Crippen LogP contribution in [-0.4, -0.2) is 6.54 Å². The highest BCUT2D eigenvalue weighted by atomic mass is 35.5. The highest BCUT2D eigenvalue weighted by Crippen LogP contribution is 2.35. The maximum Gasteiger partial charge on any atom is 0.0414 e. The molecule has 2 aromatic rings. The standard InChI is InChI=1S/C18H24ClNS/c1-4-6-16(20-11-5-2)18-10-9-17(21-18)15-8-7-14(19)12-13(15)3/h7-10,12,16,20H,4-6,11H2,1-3H3. The molecule has 0 radical (unpaired) electrons. The molecule has 1 atom stereocenters. The lowest BCUT2D eigenvalue weighted by Gasteiger charge is -2.16. The number of halogens is 1. The van der Waals surface area contributed by atoms with Gasteiger partial charge in [0.15, 0.2) is 0 Å². The van der Waals surface area contributed by atoms with Crippen LogP contribution in [0.25, 0.3) is 10.4 Å². The molecule has 0 aliphatic carbocycles. The number of nitrogens with one attached hydrogen (secondary N) is 1. The van der Waals surface area contributed by atoms with E-state index in [1.165, 1.54) is 40.1 Å². The van der Waals surface area contributed by atoms with Gasteiger partial charge in [-0.25, -0.2) is 0 Å².